The first-order valence-electron chi connectivity index (χ1n) is 8.31. The van der Waals surface area contributed by atoms with E-state index in [-0.39, 0.29) is 25.6 Å². The molecule has 2 amide bonds. The molecule has 138 valence electrons. The lowest BCUT2D eigenvalue weighted by molar-refractivity contribution is -0.159. The van der Waals surface area contributed by atoms with Crippen molar-refractivity contribution in [3.8, 4) is 0 Å². The number of rotatable bonds is 1. The first kappa shape index (κ1) is 17.7. The van der Waals surface area contributed by atoms with Crippen LogP contribution in [0.3, 0.4) is 0 Å². The molecule has 1 atom stereocenters. The number of fused-ring (bicyclic) bond motifs is 3. The predicted molar refractivity (Wildman–Crippen MR) is 86.6 cm³/mol. The molecule has 0 saturated heterocycles. The van der Waals surface area contributed by atoms with Crippen LogP contribution in [0.5, 0.6) is 0 Å². The van der Waals surface area contributed by atoms with E-state index in [2.05, 4.69) is 5.10 Å². The number of nitrogens with zero attached hydrogens (tertiary/aromatic N) is 4. The van der Waals surface area contributed by atoms with Crippen molar-refractivity contribution in [3.05, 3.63) is 17.0 Å². The summed E-state index contributed by atoms with van der Waals surface area (Å²) in [6.45, 7) is 6.27. The Labute approximate surface area is 146 Å². The van der Waals surface area contributed by atoms with E-state index in [9.17, 15) is 14.7 Å². The molecule has 2 aliphatic rings. The fourth-order valence-electron chi connectivity index (χ4n) is 3.02. The van der Waals surface area contributed by atoms with E-state index < -0.39 is 17.8 Å². The molecule has 0 aromatic carbocycles. The molecule has 3 heterocycles. The third kappa shape index (κ3) is 3.47. The smallest absolute Gasteiger partial charge is 0.410 e. The summed E-state index contributed by atoms with van der Waals surface area (Å²) in [4.78, 5) is 32.0. The van der Waals surface area contributed by atoms with E-state index in [0.29, 0.717) is 18.7 Å². The van der Waals surface area contributed by atoms with Crippen LogP contribution in [-0.2, 0) is 29.1 Å². The highest BCUT2D eigenvalue weighted by Crippen LogP contribution is 2.27. The van der Waals surface area contributed by atoms with Gasteiger partial charge in [-0.15, -0.1) is 0 Å². The summed E-state index contributed by atoms with van der Waals surface area (Å²) in [5.41, 5.74) is 1.35. The highest BCUT2D eigenvalue weighted by molar-refractivity contribution is 5.94. The van der Waals surface area contributed by atoms with Crippen molar-refractivity contribution in [2.75, 3.05) is 20.2 Å². The molecule has 0 bridgehead atoms. The summed E-state index contributed by atoms with van der Waals surface area (Å²) < 4.78 is 7.01. The van der Waals surface area contributed by atoms with Crippen LogP contribution in [0, 0.1) is 0 Å². The molecule has 1 aromatic heterocycles. The molecular formula is C16H24N4O5. The molecule has 1 N–H and O–H groups in total. The Bertz CT molecular complexity index is 693. The first-order chi connectivity index (χ1) is 11.7. The Morgan fingerprint density at radius 2 is 2.16 bits per heavy atom. The van der Waals surface area contributed by atoms with Gasteiger partial charge in [0.25, 0.3) is 5.91 Å². The fraction of sp³-hybridized carbons (Fsp3) is 0.688. The average Bonchev–Trinajstić information content (AvgIpc) is 2.82. The number of amides is 2. The van der Waals surface area contributed by atoms with Crippen molar-refractivity contribution in [2.45, 2.75) is 52.0 Å². The second kappa shape index (κ2) is 6.30. The highest BCUT2D eigenvalue weighted by atomic mass is 16.7. The van der Waals surface area contributed by atoms with Gasteiger partial charge in [0.05, 0.1) is 25.4 Å². The lowest BCUT2D eigenvalue weighted by atomic mass is 10.1. The number of aromatic nitrogens is 2. The van der Waals surface area contributed by atoms with Crippen LogP contribution in [0.25, 0.3) is 0 Å². The second-order valence-electron chi connectivity index (χ2n) is 7.32. The van der Waals surface area contributed by atoms with Gasteiger partial charge in [-0.1, -0.05) is 0 Å². The van der Waals surface area contributed by atoms with Gasteiger partial charge in [0.15, 0.2) is 0 Å². The molecule has 0 saturated carbocycles. The van der Waals surface area contributed by atoms with Gasteiger partial charge in [-0.2, -0.15) is 5.10 Å². The zero-order valence-electron chi connectivity index (χ0n) is 15.0. The summed E-state index contributed by atoms with van der Waals surface area (Å²) in [5, 5.41) is 15.0. The molecule has 9 heteroatoms. The summed E-state index contributed by atoms with van der Waals surface area (Å²) in [5.74, 6) is -0.337. The van der Waals surface area contributed by atoms with Gasteiger partial charge in [0.2, 0.25) is 0 Å². The lowest BCUT2D eigenvalue weighted by Crippen LogP contribution is -2.40. The van der Waals surface area contributed by atoms with Gasteiger partial charge in [-0.05, 0) is 20.8 Å². The molecule has 0 radical (unpaired) electrons. The summed E-state index contributed by atoms with van der Waals surface area (Å²) in [6.07, 6.45) is -0.397. The maximum atomic E-state index is 12.7. The number of hydroxylamine groups is 2. The molecule has 0 unspecified atom stereocenters. The van der Waals surface area contributed by atoms with E-state index in [1.165, 1.54) is 7.05 Å². The number of carbonyl (C=O) groups excluding carboxylic acids is 2. The molecule has 25 heavy (non-hydrogen) atoms. The quantitative estimate of drug-likeness (QED) is 0.793. The number of carbonyl (C=O) groups is 2. The van der Waals surface area contributed by atoms with Gasteiger partial charge in [-0.25, -0.2) is 9.86 Å². The van der Waals surface area contributed by atoms with Crippen molar-refractivity contribution in [1.29, 1.82) is 0 Å². The van der Waals surface area contributed by atoms with Crippen LogP contribution in [0.1, 0.15) is 42.5 Å². The number of hydrogen-bond acceptors (Lipinski definition) is 6. The Morgan fingerprint density at radius 1 is 1.44 bits per heavy atom. The third-order valence-electron chi connectivity index (χ3n) is 4.13. The number of ether oxygens (including phenoxy) is 1. The minimum atomic E-state index is -0.578. The molecule has 0 aliphatic carbocycles. The largest absolute Gasteiger partial charge is 0.444 e. The van der Waals surface area contributed by atoms with Gasteiger partial charge < -0.3 is 14.7 Å². The Balaban J connectivity index is 1.89. The van der Waals surface area contributed by atoms with Crippen LogP contribution in [0.4, 0.5) is 4.79 Å². The maximum Gasteiger partial charge on any atom is 0.410 e. The van der Waals surface area contributed by atoms with Crippen LogP contribution < -0.4 is 0 Å². The van der Waals surface area contributed by atoms with E-state index in [0.717, 1.165) is 16.3 Å². The molecule has 2 aliphatic heterocycles. The zero-order chi connectivity index (χ0) is 18.4. The van der Waals surface area contributed by atoms with Crippen molar-refractivity contribution in [2.24, 2.45) is 0 Å². The number of aliphatic hydroxyl groups is 1. The van der Waals surface area contributed by atoms with Crippen molar-refractivity contribution < 1.29 is 24.3 Å². The van der Waals surface area contributed by atoms with Crippen LogP contribution in [-0.4, -0.2) is 68.8 Å². The van der Waals surface area contributed by atoms with Crippen LogP contribution in [0.15, 0.2) is 0 Å². The lowest BCUT2D eigenvalue weighted by Gasteiger charge is -2.30. The third-order valence-corrected chi connectivity index (χ3v) is 4.13. The molecule has 0 fully saturated rings. The zero-order valence-corrected chi connectivity index (χ0v) is 15.0. The van der Waals surface area contributed by atoms with Crippen molar-refractivity contribution in [3.63, 3.8) is 0 Å². The predicted octanol–water partition coefficient (Wildman–Crippen LogP) is 0.554. The van der Waals surface area contributed by atoms with Crippen molar-refractivity contribution in [1.82, 2.24) is 19.7 Å². The van der Waals surface area contributed by atoms with E-state index in [1.54, 1.807) is 9.58 Å². The summed E-state index contributed by atoms with van der Waals surface area (Å²) in [7, 11) is 1.51. The number of aliphatic hydroxyl groups excluding tert-OH is 1. The van der Waals surface area contributed by atoms with Gasteiger partial charge in [-0.3, -0.25) is 14.3 Å². The normalized spacial score (nSPS) is 20.8. The molecule has 1 aromatic rings. The average molecular weight is 352 g/mol. The van der Waals surface area contributed by atoms with E-state index in [1.807, 2.05) is 20.8 Å². The fourth-order valence-corrected chi connectivity index (χ4v) is 3.02. The summed E-state index contributed by atoms with van der Waals surface area (Å²) >= 11 is 0. The minimum absolute atomic E-state index is 0.217. The Hall–Kier alpha value is -2.13. The van der Waals surface area contributed by atoms with Crippen LogP contribution >= 0.6 is 0 Å². The van der Waals surface area contributed by atoms with E-state index >= 15 is 0 Å². The molecular weight excluding hydrogens is 328 g/mol. The number of hydrogen-bond donors (Lipinski definition) is 1. The monoisotopic (exact) mass is 352 g/mol. The Kier molecular flexibility index (Phi) is 4.46. The first-order valence-corrected chi connectivity index (χ1v) is 8.31. The maximum absolute atomic E-state index is 12.7. The SMILES string of the molecule is CN1O[C@H](CO)Cn2nc3c(c2C1=O)CN(C(=O)OC(C)(C)C)CC3. The topological polar surface area (TPSA) is 97.1 Å². The van der Waals surface area contributed by atoms with Gasteiger partial charge in [0.1, 0.15) is 17.4 Å². The standard InChI is InChI=1S/C16H24N4O5/c1-16(2,3)24-15(23)19-6-5-12-11(8-19)13-14(22)18(4)25-10(9-21)7-20(13)17-12/h10,21H,5-9H2,1-4H3/t10-/m0/s1. The van der Waals surface area contributed by atoms with Gasteiger partial charge in [0, 0.05) is 25.6 Å². The Morgan fingerprint density at radius 3 is 2.80 bits per heavy atom. The molecule has 3 rings (SSSR count). The van der Waals surface area contributed by atoms with Crippen molar-refractivity contribution >= 4 is 12.0 Å². The molecule has 9 nitrogen and oxygen atoms in total. The van der Waals surface area contributed by atoms with Gasteiger partial charge >= 0.3 is 6.09 Å². The second-order valence-corrected chi connectivity index (χ2v) is 7.32. The summed E-state index contributed by atoms with van der Waals surface area (Å²) in [6, 6.07) is 0. The highest BCUT2D eigenvalue weighted by Gasteiger charge is 2.36. The van der Waals surface area contributed by atoms with E-state index in [4.69, 9.17) is 9.57 Å². The minimum Gasteiger partial charge on any atom is -0.444 e. The molecule has 0 spiro atoms. The van der Waals surface area contributed by atoms with Crippen LogP contribution in [0.2, 0.25) is 0 Å².